The maximum Gasteiger partial charge on any atom is 0.223 e. The number of aryl methyl sites for hydroxylation is 2. The minimum Gasteiger partial charge on any atom is -0.383 e. The third kappa shape index (κ3) is 4.49. The molecule has 0 spiro atoms. The molecule has 1 aromatic rings. The smallest absolute Gasteiger partial charge is 0.223 e. The number of hydrogen-bond donors (Lipinski definition) is 0. The highest BCUT2D eigenvalue weighted by molar-refractivity contribution is 5.78. The topological polar surface area (TPSA) is 55.3 Å². The van der Waals surface area contributed by atoms with Crippen molar-refractivity contribution < 1.29 is 9.53 Å². The van der Waals surface area contributed by atoms with E-state index < -0.39 is 0 Å². The van der Waals surface area contributed by atoms with Gasteiger partial charge in [-0.15, -0.1) is 0 Å². The lowest BCUT2D eigenvalue weighted by Gasteiger charge is -2.16. The molecule has 5 heteroatoms. The maximum absolute atomic E-state index is 12.0. The average Bonchev–Trinajstić information content (AvgIpc) is 2.76. The first kappa shape index (κ1) is 15.9. The zero-order valence-corrected chi connectivity index (χ0v) is 13.3. The molecule has 1 aliphatic heterocycles. The summed E-state index contributed by atoms with van der Waals surface area (Å²) >= 11 is 0. The van der Waals surface area contributed by atoms with Crippen molar-refractivity contribution in [2.45, 2.75) is 39.5 Å². The lowest BCUT2D eigenvalue weighted by molar-refractivity contribution is -0.128. The van der Waals surface area contributed by atoms with Crippen molar-refractivity contribution in [3.05, 3.63) is 23.3 Å². The molecule has 1 fully saturated rings. The molecule has 21 heavy (non-hydrogen) atoms. The Hall–Kier alpha value is -1.49. The molecule has 0 saturated carbocycles. The molecule has 0 aliphatic carbocycles. The van der Waals surface area contributed by atoms with Crippen molar-refractivity contribution in [1.29, 1.82) is 0 Å². The molecular weight excluding hydrogens is 266 g/mol. The standard InChI is InChI=1S/C16H25N3O2/c1-4-5-14-10-15(18-12(2)17-14)8-13-9-16(20)19(11-13)6-7-21-3/h10,13H,4-9,11H2,1-3H3. The SMILES string of the molecule is CCCc1cc(CC2CC(=O)N(CCOC)C2)nc(C)n1. The molecule has 1 unspecified atom stereocenters. The zero-order valence-electron chi connectivity index (χ0n) is 13.3. The molecular formula is C16H25N3O2. The number of nitrogens with zero attached hydrogens (tertiary/aromatic N) is 3. The predicted octanol–water partition coefficient (Wildman–Crippen LogP) is 1.77. The van der Waals surface area contributed by atoms with Gasteiger partial charge in [0.05, 0.1) is 6.61 Å². The molecule has 0 N–H and O–H groups in total. The van der Waals surface area contributed by atoms with Crippen LogP contribution in [0.15, 0.2) is 6.07 Å². The van der Waals surface area contributed by atoms with Gasteiger partial charge in [0.25, 0.3) is 0 Å². The summed E-state index contributed by atoms with van der Waals surface area (Å²) in [5.74, 6) is 1.42. The van der Waals surface area contributed by atoms with Crippen LogP contribution in [-0.2, 0) is 22.4 Å². The summed E-state index contributed by atoms with van der Waals surface area (Å²) < 4.78 is 5.05. The first-order chi connectivity index (χ1) is 10.1. The van der Waals surface area contributed by atoms with E-state index in [-0.39, 0.29) is 5.91 Å². The molecule has 2 heterocycles. The molecule has 116 valence electrons. The highest BCUT2D eigenvalue weighted by atomic mass is 16.5. The van der Waals surface area contributed by atoms with Crippen molar-refractivity contribution in [3.63, 3.8) is 0 Å². The molecule has 1 aromatic heterocycles. The molecule has 1 amide bonds. The molecule has 1 aliphatic rings. The fourth-order valence-corrected chi connectivity index (χ4v) is 2.89. The first-order valence-corrected chi connectivity index (χ1v) is 7.72. The van der Waals surface area contributed by atoms with Crippen molar-refractivity contribution in [2.75, 3.05) is 26.8 Å². The molecule has 0 radical (unpaired) electrons. The van der Waals surface area contributed by atoms with Crippen LogP contribution in [0.3, 0.4) is 0 Å². The maximum atomic E-state index is 12.0. The van der Waals surface area contributed by atoms with E-state index in [9.17, 15) is 4.79 Å². The number of methoxy groups -OCH3 is 1. The summed E-state index contributed by atoms with van der Waals surface area (Å²) in [5, 5.41) is 0. The highest BCUT2D eigenvalue weighted by Gasteiger charge is 2.29. The number of likely N-dealkylation sites (tertiary alicyclic amines) is 1. The van der Waals surface area contributed by atoms with Crippen LogP contribution in [0.1, 0.15) is 37.0 Å². The van der Waals surface area contributed by atoms with Gasteiger partial charge in [0.1, 0.15) is 5.82 Å². The minimum atomic E-state index is 0.233. The number of hydrogen-bond acceptors (Lipinski definition) is 4. The Morgan fingerprint density at radius 2 is 2.14 bits per heavy atom. The molecule has 0 aromatic carbocycles. The molecule has 1 saturated heterocycles. The number of ether oxygens (including phenoxy) is 1. The van der Waals surface area contributed by atoms with Crippen LogP contribution < -0.4 is 0 Å². The fourth-order valence-electron chi connectivity index (χ4n) is 2.89. The van der Waals surface area contributed by atoms with E-state index in [2.05, 4.69) is 23.0 Å². The summed E-state index contributed by atoms with van der Waals surface area (Å²) in [4.78, 5) is 22.8. The summed E-state index contributed by atoms with van der Waals surface area (Å²) in [7, 11) is 1.66. The lowest BCUT2D eigenvalue weighted by atomic mass is 10.0. The van der Waals surface area contributed by atoms with Gasteiger partial charge in [0, 0.05) is 38.0 Å². The van der Waals surface area contributed by atoms with Crippen LogP contribution in [-0.4, -0.2) is 47.6 Å². The third-order valence-corrected chi connectivity index (χ3v) is 3.81. The van der Waals surface area contributed by atoms with Gasteiger partial charge < -0.3 is 9.64 Å². The van der Waals surface area contributed by atoms with E-state index >= 15 is 0 Å². The fraction of sp³-hybridized carbons (Fsp3) is 0.688. The van der Waals surface area contributed by atoms with Gasteiger partial charge in [0.15, 0.2) is 0 Å². The van der Waals surface area contributed by atoms with Crippen LogP contribution in [0.4, 0.5) is 0 Å². The van der Waals surface area contributed by atoms with Gasteiger partial charge in [-0.2, -0.15) is 0 Å². The van der Waals surface area contributed by atoms with Gasteiger partial charge in [-0.05, 0) is 31.7 Å². The van der Waals surface area contributed by atoms with E-state index in [0.717, 1.165) is 43.0 Å². The Bertz CT molecular complexity index is 490. The second kappa shape index (κ2) is 7.50. The number of carbonyl (C=O) groups excluding carboxylic acids is 1. The normalized spacial score (nSPS) is 18.5. The number of aromatic nitrogens is 2. The quantitative estimate of drug-likeness (QED) is 0.768. The Morgan fingerprint density at radius 1 is 1.38 bits per heavy atom. The van der Waals surface area contributed by atoms with E-state index in [0.29, 0.717) is 25.5 Å². The van der Waals surface area contributed by atoms with Crippen molar-refractivity contribution >= 4 is 5.91 Å². The summed E-state index contributed by atoms with van der Waals surface area (Å²) in [6.07, 6.45) is 3.55. The number of carbonyl (C=O) groups is 1. The van der Waals surface area contributed by atoms with Crippen LogP contribution in [0, 0.1) is 12.8 Å². The average molecular weight is 291 g/mol. The summed E-state index contributed by atoms with van der Waals surface area (Å²) in [6, 6.07) is 2.10. The lowest BCUT2D eigenvalue weighted by Crippen LogP contribution is -2.29. The third-order valence-electron chi connectivity index (χ3n) is 3.81. The largest absolute Gasteiger partial charge is 0.383 e. The number of amides is 1. The van der Waals surface area contributed by atoms with E-state index in [4.69, 9.17) is 4.74 Å². The molecule has 5 nitrogen and oxygen atoms in total. The van der Waals surface area contributed by atoms with Gasteiger partial charge in [-0.1, -0.05) is 13.3 Å². The summed E-state index contributed by atoms with van der Waals surface area (Å²) in [6.45, 7) is 6.20. The van der Waals surface area contributed by atoms with Crippen LogP contribution >= 0.6 is 0 Å². The summed E-state index contributed by atoms with van der Waals surface area (Å²) in [5.41, 5.74) is 2.18. The van der Waals surface area contributed by atoms with Crippen LogP contribution in [0.25, 0.3) is 0 Å². The van der Waals surface area contributed by atoms with Crippen LogP contribution in [0.2, 0.25) is 0 Å². The van der Waals surface area contributed by atoms with E-state index in [1.165, 1.54) is 0 Å². The van der Waals surface area contributed by atoms with Crippen LogP contribution in [0.5, 0.6) is 0 Å². The second-order valence-electron chi connectivity index (χ2n) is 5.75. The van der Waals surface area contributed by atoms with Gasteiger partial charge in [-0.25, -0.2) is 9.97 Å². The van der Waals surface area contributed by atoms with Gasteiger partial charge in [-0.3, -0.25) is 4.79 Å². The Kier molecular flexibility index (Phi) is 5.67. The Balaban J connectivity index is 1.97. The first-order valence-electron chi connectivity index (χ1n) is 7.72. The Morgan fingerprint density at radius 3 is 2.86 bits per heavy atom. The van der Waals surface area contributed by atoms with Crippen molar-refractivity contribution in [3.8, 4) is 0 Å². The molecule has 2 rings (SSSR count). The second-order valence-corrected chi connectivity index (χ2v) is 5.75. The van der Waals surface area contributed by atoms with E-state index in [1.54, 1.807) is 7.11 Å². The van der Waals surface area contributed by atoms with Crippen molar-refractivity contribution in [2.24, 2.45) is 5.92 Å². The number of rotatable bonds is 7. The van der Waals surface area contributed by atoms with Gasteiger partial charge in [0.2, 0.25) is 5.91 Å². The highest BCUT2D eigenvalue weighted by Crippen LogP contribution is 2.21. The molecule has 1 atom stereocenters. The zero-order chi connectivity index (χ0) is 15.2. The molecule has 0 bridgehead atoms. The van der Waals surface area contributed by atoms with Crippen molar-refractivity contribution in [1.82, 2.24) is 14.9 Å². The minimum absolute atomic E-state index is 0.233. The monoisotopic (exact) mass is 291 g/mol. The van der Waals surface area contributed by atoms with Gasteiger partial charge >= 0.3 is 0 Å². The Labute approximate surface area is 126 Å². The van der Waals surface area contributed by atoms with E-state index in [1.807, 2.05) is 11.8 Å². The predicted molar refractivity (Wildman–Crippen MR) is 81.0 cm³/mol.